The van der Waals surface area contributed by atoms with E-state index >= 15 is 0 Å². The highest BCUT2D eigenvalue weighted by Crippen LogP contribution is 2.30. The predicted molar refractivity (Wildman–Crippen MR) is 359 cm³/mol. The summed E-state index contributed by atoms with van der Waals surface area (Å²) >= 11 is 0. The van der Waals surface area contributed by atoms with Crippen LogP contribution in [0.2, 0.25) is 0 Å². The van der Waals surface area contributed by atoms with E-state index in [0.29, 0.717) is 6.42 Å². The van der Waals surface area contributed by atoms with Crippen LogP contribution in [0.3, 0.4) is 0 Å². The Morgan fingerprint density at radius 3 is 1.20 bits per heavy atom. The highest BCUT2D eigenvalue weighted by Gasteiger charge is 2.51. The molecule has 2 fully saturated rings. The van der Waals surface area contributed by atoms with Crippen LogP contribution in [0.1, 0.15) is 258 Å². The van der Waals surface area contributed by atoms with Crippen molar-refractivity contribution in [2.45, 2.75) is 331 Å². The number of hydrogen-bond donors (Lipinski definition) is 9. The molecule has 0 aromatic carbocycles. The summed E-state index contributed by atoms with van der Waals surface area (Å²) in [4.78, 5) is 13.3. The second-order valence-electron chi connectivity index (χ2n) is 24.3. The van der Waals surface area contributed by atoms with Crippen LogP contribution in [0.5, 0.6) is 0 Å². The number of allylic oxidation sites excluding steroid dienone is 17. The van der Waals surface area contributed by atoms with Crippen LogP contribution in [0.4, 0.5) is 0 Å². The fourth-order valence-corrected chi connectivity index (χ4v) is 10.9. The molecule has 2 aliphatic heterocycles. The molecule has 0 spiro atoms. The molecule has 12 unspecified atom stereocenters. The average molecular weight is 1240 g/mol. The minimum atomic E-state index is -1.79. The van der Waals surface area contributed by atoms with Crippen molar-refractivity contribution in [3.05, 3.63) is 109 Å². The summed E-state index contributed by atoms with van der Waals surface area (Å²) in [5, 5.41) is 87.2. The van der Waals surface area contributed by atoms with Gasteiger partial charge in [0.05, 0.1) is 32.0 Å². The first-order valence-corrected chi connectivity index (χ1v) is 35.1. The van der Waals surface area contributed by atoms with Gasteiger partial charge in [0, 0.05) is 6.42 Å². The number of aliphatic hydroxyl groups is 8. The van der Waals surface area contributed by atoms with Gasteiger partial charge < -0.3 is 65.1 Å². The van der Waals surface area contributed by atoms with E-state index in [-0.39, 0.29) is 18.9 Å². The Kier molecular flexibility index (Phi) is 52.8. The molecule has 0 aromatic rings. The van der Waals surface area contributed by atoms with Crippen LogP contribution >= 0.6 is 0 Å². The molecule has 12 atom stereocenters. The monoisotopic (exact) mass is 1240 g/mol. The highest BCUT2D eigenvalue weighted by molar-refractivity contribution is 5.76. The Morgan fingerprint density at radius 1 is 0.420 bits per heavy atom. The Bertz CT molecular complexity index is 1890. The van der Waals surface area contributed by atoms with Gasteiger partial charge in [-0.15, -0.1) is 0 Å². The predicted octanol–water partition coefficient (Wildman–Crippen LogP) is 14.3. The zero-order valence-corrected chi connectivity index (χ0v) is 54.9. The number of aliphatic hydroxyl groups excluding tert-OH is 8. The summed E-state index contributed by atoms with van der Waals surface area (Å²) in [6, 6.07) is -0.918. The van der Waals surface area contributed by atoms with Crippen molar-refractivity contribution in [2.24, 2.45) is 0 Å². The van der Waals surface area contributed by atoms with E-state index in [1.54, 1.807) is 6.08 Å². The van der Waals surface area contributed by atoms with Gasteiger partial charge in [0.15, 0.2) is 12.6 Å². The molecule has 2 saturated heterocycles. The van der Waals surface area contributed by atoms with Crippen LogP contribution in [0.15, 0.2) is 109 Å². The van der Waals surface area contributed by atoms with E-state index < -0.39 is 86.8 Å². The third kappa shape index (κ3) is 41.2. The molecule has 2 aliphatic rings. The van der Waals surface area contributed by atoms with Gasteiger partial charge in [-0.25, -0.2) is 0 Å². The smallest absolute Gasteiger partial charge is 0.220 e. The van der Waals surface area contributed by atoms with Gasteiger partial charge in [-0.2, -0.15) is 0 Å². The molecule has 14 nitrogen and oxygen atoms in total. The number of ether oxygens (including phenoxy) is 4. The summed E-state index contributed by atoms with van der Waals surface area (Å²) in [6.07, 6.45) is 65.8. The minimum Gasteiger partial charge on any atom is -0.394 e. The number of nitrogens with one attached hydrogen (secondary N) is 1. The molecule has 0 radical (unpaired) electrons. The van der Waals surface area contributed by atoms with E-state index in [2.05, 4.69) is 116 Å². The lowest BCUT2D eigenvalue weighted by Gasteiger charge is -2.46. The SMILES string of the molecule is CC/C=C\C/C=C\C/C=C\C/C=C\C/C=C\C/C=C\C/C=C\C/C=C\CCCCCCCCCCCCCCCCCCC(=O)NC(COC1OC(CO)C(OC2OC(CO)C(O)C(O)C2O)C(O)C1O)C(O)/C=C/CCCCCCCCCCCCC. The fraction of sp³-hybridized carbons (Fsp3) is 0.743. The first-order chi connectivity index (χ1) is 43.1. The summed E-state index contributed by atoms with van der Waals surface area (Å²) in [5.41, 5.74) is 0. The second kappa shape index (κ2) is 57.5. The quantitative estimate of drug-likeness (QED) is 0.0204. The van der Waals surface area contributed by atoms with Crippen LogP contribution in [0, 0.1) is 0 Å². The van der Waals surface area contributed by atoms with Crippen LogP contribution in [-0.2, 0) is 23.7 Å². The summed E-state index contributed by atoms with van der Waals surface area (Å²) in [5.74, 6) is -0.242. The van der Waals surface area contributed by atoms with Crippen molar-refractivity contribution in [3.8, 4) is 0 Å². The number of carbonyl (C=O) groups excluding carboxylic acids is 1. The number of amides is 1. The van der Waals surface area contributed by atoms with Gasteiger partial charge in [0.25, 0.3) is 0 Å². The van der Waals surface area contributed by atoms with Gasteiger partial charge in [0.1, 0.15) is 48.8 Å². The lowest BCUT2D eigenvalue weighted by atomic mass is 9.97. The van der Waals surface area contributed by atoms with E-state index in [4.69, 9.17) is 18.9 Å². The molecule has 0 aromatic heterocycles. The van der Waals surface area contributed by atoms with Crippen molar-refractivity contribution < 1.29 is 64.6 Å². The molecule has 0 aliphatic carbocycles. The third-order valence-corrected chi connectivity index (χ3v) is 16.5. The topological polar surface area (TPSA) is 228 Å². The maximum atomic E-state index is 13.3. The highest BCUT2D eigenvalue weighted by atomic mass is 16.7. The zero-order valence-electron chi connectivity index (χ0n) is 54.9. The third-order valence-electron chi connectivity index (χ3n) is 16.5. The molecule has 2 rings (SSSR count). The Morgan fingerprint density at radius 2 is 0.784 bits per heavy atom. The standard InChI is InChI=1S/C74H127NO13/c1-3-5-7-9-11-13-15-17-18-19-20-21-22-23-24-25-26-27-28-29-30-31-32-33-34-35-36-37-38-39-40-41-42-43-44-46-48-50-52-54-56-58-66(79)75-62(63(78)57-55-53-51-49-47-45-16-14-12-10-8-6-4-2)61-85-73-71(84)69(82)72(65(60-77)87-73)88-74-70(83)68(81)67(80)64(59-76)86-74/h5,7,11,13,17-18,20-21,23-24,26-27,29-30,32-33,55,57,62-65,67-74,76-78,80-84H,3-4,6,8-10,12,14-16,19,22,25,28,31,34-54,56,58-61H2,1-2H3,(H,75,79)/b7-5-,13-11-,18-17-,21-20-,24-23-,27-26-,30-29-,33-32-,57-55+. The lowest BCUT2D eigenvalue weighted by Crippen LogP contribution is -2.65. The van der Waals surface area contributed by atoms with Gasteiger partial charge in [-0.3, -0.25) is 4.79 Å². The van der Waals surface area contributed by atoms with Crippen molar-refractivity contribution in [3.63, 3.8) is 0 Å². The molecular weight excluding hydrogens is 1110 g/mol. The number of hydrogen-bond acceptors (Lipinski definition) is 13. The Hall–Kier alpha value is -3.35. The Balaban J connectivity index is 1.57. The van der Waals surface area contributed by atoms with E-state index in [9.17, 15) is 45.6 Å². The molecule has 1 amide bonds. The molecule has 2 heterocycles. The Labute approximate surface area is 534 Å². The zero-order chi connectivity index (χ0) is 63.8. The first kappa shape index (κ1) is 80.7. The van der Waals surface area contributed by atoms with E-state index in [1.165, 1.54) is 141 Å². The molecular formula is C74H127NO13. The van der Waals surface area contributed by atoms with Gasteiger partial charge in [-0.1, -0.05) is 277 Å². The summed E-state index contributed by atoms with van der Waals surface area (Å²) in [7, 11) is 0. The van der Waals surface area contributed by atoms with Crippen molar-refractivity contribution in [1.29, 1.82) is 0 Å². The minimum absolute atomic E-state index is 0.242. The maximum Gasteiger partial charge on any atom is 0.220 e. The largest absolute Gasteiger partial charge is 0.394 e. The molecule has 88 heavy (non-hydrogen) atoms. The number of rotatable bonds is 56. The van der Waals surface area contributed by atoms with Crippen molar-refractivity contribution in [2.75, 3.05) is 19.8 Å². The van der Waals surface area contributed by atoms with E-state index in [0.717, 1.165) is 89.9 Å². The summed E-state index contributed by atoms with van der Waals surface area (Å²) < 4.78 is 22.8. The molecule has 14 heteroatoms. The number of carbonyl (C=O) groups is 1. The summed E-state index contributed by atoms with van der Waals surface area (Å²) in [6.45, 7) is 2.68. The lowest BCUT2D eigenvalue weighted by molar-refractivity contribution is -0.359. The van der Waals surface area contributed by atoms with Crippen LogP contribution < -0.4 is 5.32 Å². The van der Waals surface area contributed by atoms with Crippen LogP contribution in [0.25, 0.3) is 0 Å². The van der Waals surface area contributed by atoms with Gasteiger partial charge in [-0.05, 0) is 83.5 Å². The van der Waals surface area contributed by atoms with Crippen molar-refractivity contribution >= 4 is 5.91 Å². The van der Waals surface area contributed by atoms with Crippen LogP contribution in [-0.4, -0.2) is 140 Å². The van der Waals surface area contributed by atoms with Gasteiger partial charge >= 0.3 is 0 Å². The van der Waals surface area contributed by atoms with E-state index in [1.807, 2.05) is 6.08 Å². The molecule has 506 valence electrons. The maximum absolute atomic E-state index is 13.3. The molecule has 9 N–H and O–H groups in total. The van der Waals surface area contributed by atoms with Gasteiger partial charge in [0.2, 0.25) is 5.91 Å². The molecule has 0 saturated carbocycles. The first-order valence-electron chi connectivity index (χ1n) is 35.1. The second-order valence-corrected chi connectivity index (χ2v) is 24.3. The van der Waals surface area contributed by atoms with Crippen molar-refractivity contribution in [1.82, 2.24) is 5.32 Å². The molecule has 0 bridgehead atoms. The average Bonchev–Trinajstić information content (AvgIpc) is 2.45. The fourth-order valence-electron chi connectivity index (χ4n) is 10.9. The number of unbranched alkanes of at least 4 members (excludes halogenated alkanes) is 27. The normalized spacial score (nSPS) is 23.8.